The summed E-state index contributed by atoms with van der Waals surface area (Å²) in [5, 5.41) is 0. The summed E-state index contributed by atoms with van der Waals surface area (Å²) in [5.41, 5.74) is 0.489. The van der Waals surface area contributed by atoms with E-state index in [9.17, 15) is 13.2 Å². The van der Waals surface area contributed by atoms with Crippen molar-refractivity contribution in [1.29, 1.82) is 0 Å². The van der Waals surface area contributed by atoms with Gasteiger partial charge in [-0.15, -0.1) is 0 Å². The highest BCUT2D eigenvalue weighted by Crippen LogP contribution is 2.23. The highest BCUT2D eigenvalue weighted by atomic mass is 79.9. The van der Waals surface area contributed by atoms with Crippen molar-refractivity contribution in [2.24, 2.45) is 0 Å². The molecule has 0 nitrogen and oxygen atoms in total. The molecule has 0 bridgehead atoms. The van der Waals surface area contributed by atoms with Gasteiger partial charge in [0, 0.05) is 15.0 Å². The van der Waals surface area contributed by atoms with E-state index >= 15 is 0 Å². The fourth-order valence-corrected chi connectivity index (χ4v) is 2.19. The standard InChI is InChI=1S/C9H5Br2F3/c10-7-3-6(4-8(11)5-7)1-2-9(12,13)14/h1-5H. The molecule has 76 valence electrons. The third-order valence-electron chi connectivity index (χ3n) is 1.35. The van der Waals surface area contributed by atoms with Crippen LogP contribution < -0.4 is 0 Å². The van der Waals surface area contributed by atoms with E-state index in [1.165, 1.54) is 0 Å². The third-order valence-corrected chi connectivity index (χ3v) is 2.27. The Morgan fingerprint density at radius 3 is 1.93 bits per heavy atom. The molecule has 0 saturated heterocycles. The van der Waals surface area contributed by atoms with Gasteiger partial charge in [-0.05, 0) is 23.8 Å². The number of halogens is 5. The second kappa shape index (κ2) is 4.49. The SMILES string of the molecule is FC(F)(F)C=Cc1cc(Br)cc(Br)c1. The van der Waals surface area contributed by atoms with Gasteiger partial charge in [0.15, 0.2) is 0 Å². The molecule has 0 fully saturated rings. The molecule has 1 aromatic carbocycles. The lowest BCUT2D eigenvalue weighted by Gasteiger charge is -1.99. The maximum absolute atomic E-state index is 11.8. The molecule has 0 atom stereocenters. The number of hydrogen-bond acceptors (Lipinski definition) is 0. The highest BCUT2D eigenvalue weighted by molar-refractivity contribution is 9.11. The van der Waals surface area contributed by atoms with Crippen LogP contribution in [0.25, 0.3) is 6.08 Å². The lowest BCUT2D eigenvalue weighted by Crippen LogP contribution is -2.00. The molecule has 0 amide bonds. The first-order valence-corrected chi connectivity index (χ1v) is 5.17. The van der Waals surface area contributed by atoms with Gasteiger partial charge < -0.3 is 0 Å². The van der Waals surface area contributed by atoms with Crippen molar-refractivity contribution in [2.75, 3.05) is 0 Å². The molecule has 0 unspecified atom stereocenters. The Morgan fingerprint density at radius 1 is 1.00 bits per heavy atom. The van der Waals surface area contributed by atoms with Crippen molar-refractivity contribution in [3.05, 3.63) is 38.8 Å². The average Bonchev–Trinajstić information content (AvgIpc) is 1.97. The molecule has 0 saturated carbocycles. The van der Waals surface area contributed by atoms with Crippen LogP contribution in [0.5, 0.6) is 0 Å². The monoisotopic (exact) mass is 328 g/mol. The third kappa shape index (κ3) is 4.28. The molecule has 0 aliphatic heterocycles. The molecule has 1 aromatic rings. The Kier molecular flexibility index (Phi) is 3.78. The second-order valence-corrected chi connectivity index (χ2v) is 4.41. The maximum atomic E-state index is 11.8. The molecule has 14 heavy (non-hydrogen) atoms. The molecule has 0 aliphatic carbocycles. The molecule has 0 aliphatic rings. The Bertz CT molecular complexity index is 335. The number of hydrogen-bond donors (Lipinski definition) is 0. The minimum Gasteiger partial charge on any atom is -0.167 e. The van der Waals surface area contributed by atoms with Gasteiger partial charge in [0.05, 0.1) is 0 Å². The predicted molar refractivity (Wildman–Crippen MR) is 56.9 cm³/mol. The first kappa shape index (κ1) is 11.8. The fraction of sp³-hybridized carbons (Fsp3) is 0.111. The predicted octanol–water partition coefficient (Wildman–Crippen LogP) is 4.79. The molecule has 1 rings (SSSR count). The van der Waals surface area contributed by atoms with E-state index in [0.717, 1.165) is 15.0 Å². The highest BCUT2D eigenvalue weighted by Gasteiger charge is 2.21. The summed E-state index contributed by atoms with van der Waals surface area (Å²) in [4.78, 5) is 0. The Labute approximate surface area is 96.1 Å². The van der Waals surface area contributed by atoms with Crippen LogP contribution in [0, 0.1) is 0 Å². The van der Waals surface area contributed by atoms with E-state index in [0.29, 0.717) is 5.56 Å². The van der Waals surface area contributed by atoms with Crippen LogP contribution in [0.1, 0.15) is 5.56 Å². The summed E-state index contributed by atoms with van der Waals surface area (Å²) >= 11 is 6.38. The summed E-state index contributed by atoms with van der Waals surface area (Å²) in [7, 11) is 0. The van der Waals surface area contributed by atoms with Gasteiger partial charge in [-0.25, -0.2) is 0 Å². The second-order valence-electron chi connectivity index (χ2n) is 2.58. The first-order valence-electron chi connectivity index (χ1n) is 3.59. The zero-order valence-electron chi connectivity index (χ0n) is 6.78. The summed E-state index contributed by atoms with van der Waals surface area (Å²) in [5.74, 6) is 0. The van der Waals surface area contributed by atoms with Crippen molar-refractivity contribution in [1.82, 2.24) is 0 Å². The van der Waals surface area contributed by atoms with Crippen molar-refractivity contribution in [2.45, 2.75) is 6.18 Å². The zero-order chi connectivity index (χ0) is 10.8. The lowest BCUT2D eigenvalue weighted by molar-refractivity contribution is -0.0790. The van der Waals surface area contributed by atoms with Crippen LogP contribution in [0.2, 0.25) is 0 Å². The smallest absolute Gasteiger partial charge is 0.167 e. The zero-order valence-corrected chi connectivity index (χ0v) is 9.95. The van der Waals surface area contributed by atoms with Gasteiger partial charge in [-0.2, -0.15) is 13.2 Å². The number of alkyl halides is 3. The molecular formula is C9H5Br2F3. The quantitative estimate of drug-likeness (QED) is 0.695. The molecule has 0 radical (unpaired) electrons. The van der Waals surface area contributed by atoms with E-state index in [4.69, 9.17) is 0 Å². The minimum atomic E-state index is -4.27. The van der Waals surface area contributed by atoms with Gasteiger partial charge in [0.25, 0.3) is 0 Å². The van der Waals surface area contributed by atoms with E-state index in [-0.39, 0.29) is 6.08 Å². The average molecular weight is 330 g/mol. The summed E-state index contributed by atoms with van der Waals surface area (Å²) in [6.45, 7) is 0. The van der Waals surface area contributed by atoms with Gasteiger partial charge in [0.1, 0.15) is 0 Å². The number of rotatable bonds is 1. The van der Waals surface area contributed by atoms with Crippen molar-refractivity contribution < 1.29 is 13.2 Å². The Morgan fingerprint density at radius 2 is 1.50 bits per heavy atom. The van der Waals surface area contributed by atoms with Crippen molar-refractivity contribution in [3.63, 3.8) is 0 Å². The fourth-order valence-electron chi connectivity index (χ4n) is 0.862. The van der Waals surface area contributed by atoms with Gasteiger partial charge in [-0.1, -0.05) is 37.9 Å². The Balaban J connectivity index is 2.92. The minimum absolute atomic E-state index is 0.210. The van der Waals surface area contributed by atoms with E-state index in [1.54, 1.807) is 18.2 Å². The lowest BCUT2D eigenvalue weighted by atomic mass is 10.2. The molecular weight excluding hydrogens is 325 g/mol. The van der Waals surface area contributed by atoms with E-state index in [2.05, 4.69) is 31.9 Å². The Hall–Kier alpha value is -0.290. The van der Waals surface area contributed by atoms with Gasteiger partial charge >= 0.3 is 6.18 Å². The van der Waals surface area contributed by atoms with E-state index in [1.807, 2.05) is 0 Å². The van der Waals surface area contributed by atoms with Gasteiger partial charge in [0.2, 0.25) is 0 Å². The largest absolute Gasteiger partial charge is 0.409 e. The van der Waals surface area contributed by atoms with Crippen LogP contribution >= 0.6 is 31.9 Å². The molecule has 0 heterocycles. The molecule has 0 spiro atoms. The van der Waals surface area contributed by atoms with Crippen molar-refractivity contribution >= 4 is 37.9 Å². The van der Waals surface area contributed by atoms with Crippen molar-refractivity contribution in [3.8, 4) is 0 Å². The molecule has 0 aromatic heterocycles. The summed E-state index contributed by atoms with van der Waals surface area (Å²) in [6.07, 6.45) is -3.04. The van der Waals surface area contributed by atoms with E-state index < -0.39 is 6.18 Å². The van der Waals surface area contributed by atoms with Crippen LogP contribution in [-0.2, 0) is 0 Å². The number of allylic oxidation sites excluding steroid dienone is 1. The van der Waals surface area contributed by atoms with Crippen LogP contribution in [0.3, 0.4) is 0 Å². The van der Waals surface area contributed by atoms with Crippen LogP contribution in [-0.4, -0.2) is 6.18 Å². The summed E-state index contributed by atoms with van der Waals surface area (Å²) in [6, 6.07) is 4.96. The molecule has 0 N–H and O–H groups in total. The normalized spacial score (nSPS) is 12.4. The summed E-state index contributed by atoms with van der Waals surface area (Å²) < 4.78 is 37.0. The first-order chi connectivity index (χ1) is 6.37. The molecule has 5 heteroatoms. The van der Waals surface area contributed by atoms with Crippen LogP contribution in [0.4, 0.5) is 13.2 Å². The number of benzene rings is 1. The maximum Gasteiger partial charge on any atom is 0.409 e. The van der Waals surface area contributed by atoms with Crippen LogP contribution in [0.15, 0.2) is 33.2 Å². The van der Waals surface area contributed by atoms with Gasteiger partial charge in [-0.3, -0.25) is 0 Å². The topological polar surface area (TPSA) is 0 Å².